The molecular weight excluding hydrogens is 212 g/mol. The summed E-state index contributed by atoms with van der Waals surface area (Å²) in [7, 11) is 0. The average molecular weight is 238 g/mol. The van der Waals surface area contributed by atoms with Gasteiger partial charge in [0.2, 0.25) is 0 Å². The maximum absolute atomic E-state index is 5.77. The van der Waals surface area contributed by atoms with Crippen molar-refractivity contribution >= 4 is 0 Å². The van der Waals surface area contributed by atoms with Crippen molar-refractivity contribution in [1.82, 2.24) is 5.32 Å². The molecule has 1 aromatic rings. The lowest BCUT2D eigenvalue weighted by Crippen LogP contribution is -2.33. The van der Waals surface area contributed by atoms with Crippen LogP contribution in [0.15, 0.2) is 10.5 Å². The number of aryl methyl sites for hydroxylation is 2. The van der Waals surface area contributed by atoms with Gasteiger partial charge in [0.1, 0.15) is 11.5 Å². The smallest absolute Gasteiger partial charge is 0.105 e. The molecule has 0 saturated carbocycles. The Bertz CT molecular complexity index is 344. The number of hydrogen-bond donors (Lipinski definition) is 2. The Kier molecular flexibility index (Phi) is 5.22. The summed E-state index contributed by atoms with van der Waals surface area (Å²) in [5.74, 6) is 3.14. The summed E-state index contributed by atoms with van der Waals surface area (Å²) >= 11 is 0. The SMILES string of the molecule is Cc1cc(C(C)NCC(CN)C(C)C)c(C)o1. The van der Waals surface area contributed by atoms with Crippen molar-refractivity contribution in [3.05, 3.63) is 23.2 Å². The van der Waals surface area contributed by atoms with Gasteiger partial charge in [-0.05, 0) is 51.8 Å². The van der Waals surface area contributed by atoms with Crippen LogP contribution in [-0.4, -0.2) is 13.1 Å². The molecule has 3 heteroatoms. The maximum Gasteiger partial charge on any atom is 0.105 e. The lowest BCUT2D eigenvalue weighted by atomic mass is 9.95. The average Bonchev–Trinajstić information content (AvgIpc) is 2.58. The van der Waals surface area contributed by atoms with E-state index in [1.165, 1.54) is 5.56 Å². The zero-order valence-corrected chi connectivity index (χ0v) is 11.7. The predicted molar refractivity (Wildman–Crippen MR) is 72.0 cm³/mol. The predicted octanol–water partition coefficient (Wildman–Crippen LogP) is 2.78. The van der Waals surface area contributed by atoms with E-state index in [0.717, 1.165) is 24.6 Å². The second-order valence-electron chi connectivity index (χ2n) is 5.24. The third-order valence-corrected chi connectivity index (χ3v) is 3.48. The van der Waals surface area contributed by atoms with E-state index in [0.29, 0.717) is 17.9 Å². The van der Waals surface area contributed by atoms with Crippen LogP contribution < -0.4 is 11.1 Å². The van der Waals surface area contributed by atoms with Gasteiger partial charge in [0.05, 0.1) is 0 Å². The van der Waals surface area contributed by atoms with Gasteiger partial charge < -0.3 is 15.5 Å². The van der Waals surface area contributed by atoms with Crippen LogP contribution in [0, 0.1) is 25.7 Å². The van der Waals surface area contributed by atoms with E-state index in [2.05, 4.69) is 32.2 Å². The molecule has 0 aromatic carbocycles. The molecule has 0 bridgehead atoms. The van der Waals surface area contributed by atoms with Gasteiger partial charge in [0.25, 0.3) is 0 Å². The molecule has 0 spiro atoms. The zero-order chi connectivity index (χ0) is 13.0. The first-order valence-corrected chi connectivity index (χ1v) is 6.46. The summed E-state index contributed by atoms with van der Waals surface area (Å²) in [6, 6.07) is 2.43. The Morgan fingerprint density at radius 3 is 2.35 bits per heavy atom. The molecule has 0 saturated heterocycles. The van der Waals surface area contributed by atoms with Crippen molar-refractivity contribution in [2.24, 2.45) is 17.6 Å². The highest BCUT2D eigenvalue weighted by molar-refractivity contribution is 5.23. The van der Waals surface area contributed by atoms with Gasteiger partial charge in [-0.15, -0.1) is 0 Å². The van der Waals surface area contributed by atoms with E-state index in [1.54, 1.807) is 0 Å². The van der Waals surface area contributed by atoms with Crippen LogP contribution in [0.25, 0.3) is 0 Å². The first-order valence-electron chi connectivity index (χ1n) is 6.46. The molecule has 1 aromatic heterocycles. The summed E-state index contributed by atoms with van der Waals surface area (Å²) in [5, 5.41) is 3.55. The molecule has 0 amide bonds. The lowest BCUT2D eigenvalue weighted by Gasteiger charge is -2.22. The molecule has 0 aliphatic rings. The third kappa shape index (κ3) is 3.86. The van der Waals surface area contributed by atoms with Gasteiger partial charge in [-0.25, -0.2) is 0 Å². The van der Waals surface area contributed by atoms with Crippen LogP contribution in [0.2, 0.25) is 0 Å². The van der Waals surface area contributed by atoms with Gasteiger partial charge in [-0.1, -0.05) is 13.8 Å². The van der Waals surface area contributed by atoms with Crippen LogP contribution in [0.4, 0.5) is 0 Å². The van der Waals surface area contributed by atoms with Crippen molar-refractivity contribution < 1.29 is 4.42 Å². The van der Waals surface area contributed by atoms with E-state index in [4.69, 9.17) is 10.2 Å². The standard InChI is InChI=1S/C14H26N2O/c1-9(2)13(7-15)8-16-11(4)14-6-10(3)17-12(14)5/h6,9,11,13,16H,7-8,15H2,1-5H3. The topological polar surface area (TPSA) is 51.2 Å². The Morgan fingerprint density at radius 2 is 1.94 bits per heavy atom. The van der Waals surface area contributed by atoms with Crippen LogP contribution in [0.1, 0.15) is 43.9 Å². The first kappa shape index (κ1) is 14.3. The molecule has 0 aliphatic carbocycles. The van der Waals surface area contributed by atoms with Crippen molar-refractivity contribution in [2.45, 2.75) is 40.7 Å². The minimum Gasteiger partial charge on any atom is -0.466 e. The molecule has 1 heterocycles. The highest BCUT2D eigenvalue weighted by Gasteiger charge is 2.16. The van der Waals surface area contributed by atoms with E-state index in [9.17, 15) is 0 Å². The fourth-order valence-corrected chi connectivity index (χ4v) is 2.11. The Hall–Kier alpha value is -0.800. The molecule has 3 N–H and O–H groups in total. The second-order valence-corrected chi connectivity index (χ2v) is 5.24. The van der Waals surface area contributed by atoms with Gasteiger partial charge in [0, 0.05) is 11.6 Å². The molecular formula is C14H26N2O. The monoisotopic (exact) mass is 238 g/mol. The molecule has 98 valence electrons. The normalized spacial score (nSPS) is 15.2. The summed E-state index contributed by atoms with van der Waals surface area (Å²) in [4.78, 5) is 0. The van der Waals surface area contributed by atoms with Crippen molar-refractivity contribution in [1.29, 1.82) is 0 Å². The van der Waals surface area contributed by atoms with Crippen molar-refractivity contribution in [2.75, 3.05) is 13.1 Å². The summed E-state index contributed by atoms with van der Waals surface area (Å²) < 4.78 is 5.55. The second kappa shape index (κ2) is 6.22. The number of nitrogens with one attached hydrogen (secondary N) is 1. The molecule has 0 aliphatic heterocycles. The quantitative estimate of drug-likeness (QED) is 0.801. The highest BCUT2D eigenvalue weighted by Crippen LogP contribution is 2.21. The zero-order valence-electron chi connectivity index (χ0n) is 11.7. The molecule has 0 radical (unpaired) electrons. The number of hydrogen-bond acceptors (Lipinski definition) is 3. The van der Waals surface area contributed by atoms with E-state index >= 15 is 0 Å². The molecule has 2 atom stereocenters. The number of rotatable bonds is 6. The third-order valence-electron chi connectivity index (χ3n) is 3.48. The Labute approximate surface area is 105 Å². The fraction of sp³-hybridized carbons (Fsp3) is 0.714. The summed E-state index contributed by atoms with van der Waals surface area (Å²) in [6.07, 6.45) is 0. The minimum atomic E-state index is 0.320. The number of furan rings is 1. The van der Waals surface area contributed by atoms with Crippen LogP contribution in [0.3, 0.4) is 0 Å². The van der Waals surface area contributed by atoms with Crippen molar-refractivity contribution in [3.8, 4) is 0 Å². The van der Waals surface area contributed by atoms with E-state index in [1.807, 2.05) is 13.8 Å². The highest BCUT2D eigenvalue weighted by atomic mass is 16.3. The van der Waals surface area contributed by atoms with Gasteiger partial charge in [-0.2, -0.15) is 0 Å². The van der Waals surface area contributed by atoms with Crippen LogP contribution in [-0.2, 0) is 0 Å². The van der Waals surface area contributed by atoms with Crippen molar-refractivity contribution in [3.63, 3.8) is 0 Å². The summed E-state index contributed by atoms with van der Waals surface area (Å²) in [6.45, 7) is 12.3. The van der Waals surface area contributed by atoms with E-state index in [-0.39, 0.29) is 0 Å². The maximum atomic E-state index is 5.77. The van der Waals surface area contributed by atoms with Crippen LogP contribution in [0.5, 0.6) is 0 Å². The van der Waals surface area contributed by atoms with Crippen LogP contribution >= 0.6 is 0 Å². The van der Waals surface area contributed by atoms with Gasteiger partial charge in [0.15, 0.2) is 0 Å². The largest absolute Gasteiger partial charge is 0.466 e. The lowest BCUT2D eigenvalue weighted by molar-refractivity contribution is 0.355. The first-order chi connectivity index (χ1) is 7.95. The Balaban J connectivity index is 2.55. The Morgan fingerprint density at radius 1 is 1.29 bits per heavy atom. The fourth-order valence-electron chi connectivity index (χ4n) is 2.11. The molecule has 17 heavy (non-hydrogen) atoms. The molecule has 2 unspecified atom stereocenters. The molecule has 3 nitrogen and oxygen atoms in total. The van der Waals surface area contributed by atoms with Gasteiger partial charge in [-0.3, -0.25) is 0 Å². The minimum absolute atomic E-state index is 0.320. The molecule has 1 rings (SSSR count). The molecule has 0 fully saturated rings. The van der Waals surface area contributed by atoms with E-state index < -0.39 is 0 Å². The van der Waals surface area contributed by atoms with Gasteiger partial charge >= 0.3 is 0 Å². The summed E-state index contributed by atoms with van der Waals surface area (Å²) in [5.41, 5.74) is 7.03. The number of nitrogens with two attached hydrogens (primary N) is 1.